The van der Waals surface area contributed by atoms with E-state index >= 15 is 0 Å². The molecule has 1 aromatic rings. The molecule has 128 valence electrons. The Bertz CT molecular complexity index is 525. The minimum absolute atomic E-state index is 0.413. The standard InChI is InChI=1S/C17H27N3O3/c1-13-12-22-10-9-19(13)11-14-5-7-15(8-6-14)20(18)16(21)23-17(2,3)4/h5-8,13H,9-12,18H2,1-4H3/t13-/m0/s1. The van der Waals surface area contributed by atoms with Crippen molar-refractivity contribution in [3.63, 3.8) is 0 Å². The highest BCUT2D eigenvalue weighted by atomic mass is 16.6. The molecule has 0 saturated carbocycles. The van der Waals surface area contributed by atoms with Gasteiger partial charge in [0.2, 0.25) is 0 Å². The lowest BCUT2D eigenvalue weighted by Crippen LogP contribution is -2.43. The predicted molar refractivity (Wildman–Crippen MR) is 90.0 cm³/mol. The molecule has 6 heteroatoms. The molecule has 2 N–H and O–H groups in total. The van der Waals surface area contributed by atoms with Crippen LogP contribution in [0.1, 0.15) is 33.3 Å². The van der Waals surface area contributed by atoms with Gasteiger partial charge in [-0.05, 0) is 45.4 Å². The summed E-state index contributed by atoms with van der Waals surface area (Å²) in [4.78, 5) is 14.3. The van der Waals surface area contributed by atoms with Gasteiger partial charge >= 0.3 is 6.09 Å². The van der Waals surface area contributed by atoms with Crippen LogP contribution in [0.25, 0.3) is 0 Å². The maximum absolute atomic E-state index is 12.0. The third-order valence-electron chi connectivity index (χ3n) is 3.70. The largest absolute Gasteiger partial charge is 0.442 e. The molecule has 0 bridgehead atoms. The second-order valence-corrected chi connectivity index (χ2v) is 6.91. The molecule has 1 saturated heterocycles. The molecule has 0 spiro atoms. The topological polar surface area (TPSA) is 68.0 Å². The first-order valence-electron chi connectivity index (χ1n) is 7.95. The number of rotatable bonds is 3. The summed E-state index contributed by atoms with van der Waals surface area (Å²) in [7, 11) is 0. The van der Waals surface area contributed by atoms with Crippen LogP contribution in [0.15, 0.2) is 24.3 Å². The van der Waals surface area contributed by atoms with E-state index in [-0.39, 0.29) is 0 Å². The Kier molecular flexibility index (Phi) is 5.62. The molecule has 1 aliphatic heterocycles. The molecule has 1 aromatic carbocycles. The third kappa shape index (κ3) is 5.20. The zero-order valence-corrected chi connectivity index (χ0v) is 14.4. The molecule has 0 aliphatic carbocycles. The van der Waals surface area contributed by atoms with Crippen molar-refractivity contribution < 1.29 is 14.3 Å². The van der Waals surface area contributed by atoms with Crippen molar-refractivity contribution in [2.45, 2.75) is 45.9 Å². The van der Waals surface area contributed by atoms with Crippen LogP contribution in [0.5, 0.6) is 0 Å². The average molecular weight is 321 g/mol. The Morgan fingerprint density at radius 2 is 2.04 bits per heavy atom. The van der Waals surface area contributed by atoms with E-state index in [1.54, 1.807) is 0 Å². The van der Waals surface area contributed by atoms with Crippen molar-refractivity contribution >= 4 is 11.8 Å². The van der Waals surface area contributed by atoms with Crippen LogP contribution in [0.2, 0.25) is 0 Å². The highest BCUT2D eigenvalue weighted by Gasteiger charge is 2.22. The fraction of sp³-hybridized carbons (Fsp3) is 0.588. The smallest absolute Gasteiger partial charge is 0.429 e. The van der Waals surface area contributed by atoms with Crippen molar-refractivity contribution in [2.75, 3.05) is 24.8 Å². The van der Waals surface area contributed by atoms with Gasteiger partial charge in [-0.25, -0.2) is 15.6 Å². The second kappa shape index (κ2) is 7.29. The van der Waals surface area contributed by atoms with Gasteiger partial charge in [0.15, 0.2) is 0 Å². The lowest BCUT2D eigenvalue weighted by atomic mass is 10.1. The summed E-state index contributed by atoms with van der Waals surface area (Å²) in [6, 6.07) is 8.06. The Morgan fingerprint density at radius 3 is 2.61 bits per heavy atom. The number of morpholine rings is 1. The van der Waals surface area contributed by atoms with E-state index in [1.807, 2.05) is 45.0 Å². The van der Waals surface area contributed by atoms with E-state index in [4.69, 9.17) is 15.3 Å². The molecule has 2 rings (SSSR count). The minimum Gasteiger partial charge on any atom is -0.442 e. The maximum Gasteiger partial charge on any atom is 0.429 e. The highest BCUT2D eigenvalue weighted by Crippen LogP contribution is 2.18. The van der Waals surface area contributed by atoms with Crippen molar-refractivity contribution in [1.82, 2.24) is 4.90 Å². The van der Waals surface area contributed by atoms with Gasteiger partial charge in [0.1, 0.15) is 5.60 Å². The van der Waals surface area contributed by atoms with Crippen LogP contribution in [0.4, 0.5) is 10.5 Å². The Labute approximate surface area is 138 Å². The Hall–Kier alpha value is -1.63. The molecule has 1 aliphatic rings. The summed E-state index contributed by atoms with van der Waals surface area (Å²) < 4.78 is 10.7. The zero-order valence-electron chi connectivity index (χ0n) is 14.4. The van der Waals surface area contributed by atoms with Gasteiger partial charge in [-0.1, -0.05) is 12.1 Å². The number of ether oxygens (including phenoxy) is 2. The monoisotopic (exact) mass is 321 g/mol. The van der Waals surface area contributed by atoms with Crippen LogP contribution < -0.4 is 10.9 Å². The van der Waals surface area contributed by atoms with Crippen LogP contribution in [0, 0.1) is 0 Å². The number of hydrogen-bond acceptors (Lipinski definition) is 5. The molecule has 0 radical (unpaired) electrons. The van der Waals surface area contributed by atoms with Crippen molar-refractivity contribution in [3.8, 4) is 0 Å². The number of anilines is 1. The molecular weight excluding hydrogens is 294 g/mol. The number of nitrogens with two attached hydrogens (primary N) is 1. The van der Waals surface area contributed by atoms with Crippen LogP contribution in [-0.4, -0.2) is 42.4 Å². The number of carbonyl (C=O) groups excluding carboxylic acids is 1. The maximum atomic E-state index is 12.0. The molecule has 0 aromatic heterocycles. The van der Waals surface area contributed by atoms with Crippen molar-refractivity contribution in [1.29, 1.82) is 0 Å². The Balaban J connectivity index is 1.97. The summed E-state index contributed by atoms with van der Waals surface area (Å²) >= 11 is 0. The lowest BCUT2D eigenvalue weighted by molar-refractivity contribution is -0.00436. The normalized spacial score (nSPS) is 19.4. The summed E-state index contributed by atoms with van der Waals surface area (Å²) in [6.45, 7) is 10.9. The summed E-state index contributed by atoms with van der Waals surface area (Å²) in [5.74, 6) is 5.83. The van der Waals surface area contributed by atoms with Crippen LogP contribution in [-0.2, 0) is 16.0 Å². The molecule has 1 heterocycles. The highest BCUT2D eigenvalue weighted by molar-refractivity contribution is 5.86. The average Bonchev–Trinajstić information content (AvgIpc) is 2.48. The Morgan fingerprint density at radius 1 is 1.39 bits per heavy atom. The molecule has 6 nitrogen and oxygen atoms in total. The first-order chi connectivity index (χ1) is 10.8. The van der Waals surface area contributed by atoms with Gasteiger partial charge in [0.05, 0.1) is 18.9 Å². The van der Waals surface area contributed by atoms with E-state index in [9.17, 15) is 4.79 Å². The SMILES string of the molecule is C[C@H]1COCCN1Cc1ccc(N(N)C(=O)OC(C)(C)C)cc1. The molecule has 1 fully saturated rings. The van der Waals surface area contributed by atoms with Gasteiger partial charge in [0, 0.05) is 19.1 Å². The number of amides is 1. The third-order valence-corrected chi connectivity index (χ3v) is 3.70. The predicted octanol–water partition coefficient (Wildman–Crippen LogP) is 2.52. The van der Waals surface area contributed by atoms with Crippen molar-refractivity contribution in [2.24, 2.45) is 5.84 Å². The lowest BCUT2D eigenvalue weighted by Gasteiger charge is -2.33. The van der Waals surface area contributed by atoms with E-state index in [0.29, 0.717) is 11.7 Å². The van der Waals surface area contributed by atoms with E-state index in [0.717, 1.165) is 31.3 Å². The van der Waals surface area contributed by atoms with Gasteiger partial charge in [-0.15, -0.1) is 0 Å². The zero-order chi connectivity index (χ0) is 17.0. The van der Waals surface area contributed by atoms with Gasteiger partial charge in [-0.2, -0.15) is 0 Å². The number of carbonyl (C=O) groups is 1. The molecular formula is C17H27N3O3. The minimum atomic E-state index is -0.568. The van der Waals surface area contributed by atoms with Gasteiger partial charge in [-0.3, -0.25) is 4.90 Å². The van der Waals surface area contributed by atoms with E-state index in [1.165, 1.54) is 5.56 Å². The fourth-order valence-corrected chi connectivity index (χ4v) is 2.41. The van der Waals surface area contributed by atoms with Crippen LogP contribution >= 0.6 is 0 Å². The first-order valence-corrected chi connectivity index (χ1v) is 7.95. The quantitative estimate of drug-likeness (QED) is 0.526. The van der Waals surface area contributed by atoms with E-state index in [2.05, 4.69) is 11.8 Å². The van der Waals surface area contributed by atoms with Crippen molar-refractivity contribution in [3.05, 3.63) is 29.8 Å². The van der Waals surface area contributed by atoms with Gasteiger partial charge < -0.3 is 9.47 Å². The van der Waals surface area contributed by atoms with Gasteiger partial charge in [0.25, 0.3) is 0 Å². The first kappa shape index (κ1) is 17.7. The summed E-state index contributed by atoms with van der Waals surface area (Å²) in [5.41, 5.74) is 1.22. The molecule has 0 unspecified atom stereocenters. The summed E-state index contributed by atoms with van der Waals surface area (Å²) in [5, 5.41) is 1.03. The number of nitrogens with zero attached hydrogens (tertiary/aromatic N) is 2. The number of hydrogen-bond donors (Lipinski definition) is 1. The van der Waals surface area contributed by atoms with E-state index < -0.39 is 11.7 Å². The molecule has 23 heavy (non-hydrogen) atoms. The second-order valence-electron chi connectivity index (χ2n) is 6.91. The fourth-order valence-electron chi connectivity index (χ4n) is 2.41. The number of hydrazine groups is 1. The molecule has 1 atom stereocenters. The number of benzene rings is 1. The van der Waals surface area contributed by atoms with Crippen LogP contribution in [0.3, 0.4) is 0 Å². The molecule has 1 amide bonds. The summed E-state index contributed by atoms with van der Waals surface area (Å²) in [6.07, 6.45) is -0.563.